The number of fused-ring (bicyclic) bond motifs is 6. The summed E-state index contributed by atoms with van der Waals surface area (Å²) in [6.07, 6.45) is 0. The van der Waals surface area contributed by atoms with Crippen molar-refractivity contribution in [3.8, 4) is 33.4 Å². The molecule has 0 aliphatic rings. The first-order valence-electron chi connectivity index (χ1n) is 17.8. The predicted octanol–water partition coefficient (Wildman–Crippen LogP) is 14.4. The van der Waals surface area contributed by atoms with Gasteiger partial charge in [-0.3, -0.25) is 0 Å². The highest BCUT2D eigenvalue weighted by Gasteiger charge is 2.23. The third kappa shape index (κ3) is 4.96. The van der Waals surface area contributed by atoms with Gasteiger partial charge in [-0.15, -0.1) is 0 Å². The molecule has 244 valence electrons. The van der Waals surface area contributed by atoms with Gasteiger partial charge >= 0.3 is 0 Å². The largest absolute Gasteiger partial charge is 0.456 e. The fourth-order valence-corrected chi connectivity index (χ4v) is 7.89. The Morgan fingerprint density at radius 2 is 0.846 bits per heavy atom. The molecule has 1 heterocycles. The quantitative estimate of drug-likeness (QED) is 0.176. The molecule has 0 saturated carbocycles. The molecular formula is C50H33NO. The second-order valence-electron chi connectivity index (χ2n) is 13.3. The van der Waals surface area contributed by atoms with Crippen molar-refractivity contribution in [3.05, 3.63) is 200 Å². The van der Waals surface area contributed by atoms with Crippen molar-refractivity contribution in [2.24, 2.45) is 0 Å². The van der Waals surface area contributed by atoms with Crippen LogP contribution in [0.3, 0.4) is 0 Å². The van der Waals surface area contributed by atoms with Crippen LogP contribution in [0.1, 0.15) is 0 Å². The van der Waals surface area contributed by atoms with Crippen molar-refractivity contribution in [3.63, 3.8) is 0 Å². The van der Waals surface area contributed by atoms with Gasteiger partial charge in [0.2, 0.25) is 0 Å². The van der Waals surface area contributed by atoms with Crippen LogP contribution in [0.4, 0.5) is 17.1 Å². The number of hydrogen-bond acceptors (Lipinski definition) is 2. The summed E-state index contributed by atoms with van der Waals surface area (Å²) in [6, 6.07) is 71.5. The molecule has 0 amide bonds. The van der Waals surface area contributed by atoms with Crippen LogP contribution in [0, 0.1) is 0 Å². The Hall–Kier alpha value is -6.90. The van der Waals surface area contributed by atoms with E-state index in [-0.39, 0.29) is 0 Å². The second kappa shape index (κ2) is 12.5. The van der Waals surface area contributed by atoms with Gasteiger partial charge in [-0.05, 0) is 85.9 Å². The summed E-state index contributed by atoms with van der Waals surface area (Å²) < 4.78 is 6.80. The van der Waals surface area contributed by atoms with E-state index in [0.29, 0.717) is 0 Å². The lowest BCUT2D eigenvalue weighted by atomic mass is 9.94. The lowest BCUT2D eigenvalue weighted by molar-refractivity contribution is 0.669. The number of furan rings is 1. The molecule has 2 nitrogen and oxygen atoms in total. The summed E-state index contributed by atoms with van der Waals surface area (Å²) in [5.74, 6) is 0. The zero-order chi connectivity index (χ0) is 34.4. The predicted molar refractivity (Wildman–Crippen MR) is 220 cm³/mol. The van der Waals surface area contributed by atoms with Crippen LogP contribution >= 0.6 is 0 Å². The smallest absolute Gasteiger partial charge is 0.137 e. The van der Waals surface area contributed by atoms with Crippen molar-refractivity contribution < 1.29 is 4.42 Å². The Morgan fingerprint density at radius 3 is 1.52 bits per heavy atom. The summed E-state index contributed by atoms with van der Waals surface area (Å²) in [4.78, 5) is 2.42. The maximum atomic E-state index is 6.80. The van der Waals surface area contributed by atoms with E-state index in [1.54, 1.807) is 0 Å². The highest BCUT2D eigenvalue weighted by Crippen LogP contribution is 2.48. The second-order valence-corrected chi connectivity index (χ2v) is 13.3. The van der Waals surface area contributed by atoms with Gasteiger partial charge in [0, 0.05) is 16.5 Å². The number of benzene rings is 9. The standard InChI is InChI=1S/C50H33NO/c1-4-15-34(16-5-1)35-27-29-38(30-28-35)51(45-32-31-39(36-17-6-2-7-18-36)40-21-10-12-23-42(40)45)46-25-14-26-47-50(46)49-43-24-13-11-22-41(43)44(33-48(49)52-47)37-19-8-3-9-20-37/h1-33H. The minimum absolute atomic E-state index is 0.860. The van der Waals surface area contributed by atoms with Crippen LogP contribution in [0.2, 0.25) is 0 Å². The summed E-state index contributed by atoms with van der Waals surface area (Å²) in [7, 11) is 0. The highest BCUT2D eigenvalue weighted by molar-refractivity contribution is 6.26. The van der Waals surface area contributed by atoms with Gasteiger partial charge in [-0.25, -0.2) is 0 Å². The molecule has 0 saturated heterocycles. The fraction of sp³-hybridized carbons (Fsp3) is 0. The van der Waals surface area contributed by atoms with Crippen molar-refractivity contribution in [1.29, 1.82) is 0 Å². The van der Waals surface area contributed by atoms with E-state index in [0.717, 1.165) is 39.0 Å². The van der Waals surface area contributed by atoms with Crippen LogP contribution in [0.5, 0.6) is 0 Å². The number of nitrogens with zero attached hydrogens (tertiary/aromatic N) is 1. The molecule has 0 aliphatic carbocycles. The van der Waals surface area contributed by atoms with E-state index in [2.05, 4.69) is 205 Å². The molecular weight excluding hydrogens is 631 g/mol. The third-order valence-corrected chi connectivity index (χ3v) is 10.3. The van der Waals surface area contributed by atoms with Gasteiger partial charge in [-0.2, -0.15) is 0 Å². The Kier molecular flexibility index (Phi) is 7.18. The van der Waals surface area contributed by atoms with E-state index in [1.165, 1.54) is 54.9 Å². The molecule has 0 radical (unpaired) electrons. The Balaban J connectivity index is 1.27. The molecule has 0 aliphatic heterocycles. The van der Waals surface area contributed by atoms with E-state index in [4.69, 9.17) is 4.42 Å². The van der Waals surface area contributed by atoms with Gasteiger partial charge in [0.1, 0.15) is 11.2 Å². The first-order valence-corrected chi connectivity index (χ1v) is 17.8. The molecule has 10 aromatic rings. The number of anilines is 3. The van der Waals surface area contributed by atoms with Crippen LogP contribution in [-0.2, 0) is 0 Å². The van der Waals surface area contributed by atoms with Crippen LogP contribution in [-0.4, -0.2) is 0 Å². The molecule has 9 aromatic carbocycles. The molecule has 0 fully saturated rings. The molecule has 52 heavy (non-hydrogen) atoms. The lowest BCUT2D eigenvalue weighted by Crippen LogP contribution is -2.11. The molecule has 10 rings (SSSR count). The maximum absolute atomic E-state index is 6.80. The highest BCUT2D eigenvalue weighted by atomic mass is 16.3. The van der Waals surface area contributed by atoms with Crippen molar-refractivity contribution in [2.75, 3.05) is 4.90 Å². The molecule has 2 heteroatoms. The van der Waals surface area contributed by atoms with Crippen LogP contribution in [0.25, 0.3) is 76.9 Å². The normalized spacial score (nSPS) is 11.5. The van der Waals surface area contributed by atoms with Gasteiger partial charge in [0.05, 0.1) is 16.8 Å². The number of hydrogen-bond donors (Lipinski definition) is 0. The average molecular weight is 664 g/mol. The zero-order valence-corrected chi connectivity index (χ0v) is 28.4. The molecule has 0 atom stereocenters. The molecule has 0 bridgehead atoms. The summed E-state index contributed by atoms with van der Waals surface area (Å²) in [5, 5.41) is 6.98. The van der Waals surface area contributed by atoms with Gasteiger partial charge in [0.25, 0.3) is 0 Å². The maximum Gasteiger partial charge on any atom is 0.137 e. The minimum atomic E-state index is 0.860. The van der Waals surface area contributed by atoms with Gasteiger partial charge in [0.15, 0.2) is 0 Å². The average Bonchev–Trinajstić information content (AvgIpc) is 3.61. The van der Waals surface area contributed by atoms with Crippen molar-refractivity contribution in [1.82, 2.24) is 0 Å². The number of rotatable bonds is 6. The molecule has 1 aromatic heterocycles. The van der Waals surface area contributed by atoms with E-state index < -0.39 is 0 Å². The Morgan fingerprint density at radius 1 is 0.308 bits per heavy atom. The van der Waals surface area contributed by atoms with Crippen LogP contribution in [0.15, 0.2) is 205 Å². The minimum Gasteiger partial charge on any atom is -0.456 e. The fourth-order valence-electron chi connectivity index (χ4n) is 7.89. The lowest BCUT2D eigenvalue weighted by Gasteiger charge is -2.28. The summed E-state index contributed by atoms with van der Waals surface area (Å²) in [6.45, 7) is 0. The monoisotopic (exact) mass is 663 g/mol. The first kappa shape index (κ1) is 30.0. The van der Waals surface area contributed by atoms with Gasteiger partial charge < -0.3 is 9.32 Å². The van der Waals surface area contributed by atoms with E-state index >= 15 is 0 Å². The van der Waals surface area contributed by atoms with Crippen molar-refractivity contribution in [2.45, 2.75) is 0 Å². The Bertz CT molecular complexity index is 2870. The van der Waals surface area contributed by atoms with Crippen LogP contribution < -0.4 is 4.90 Å². The van der Waals surface area contributed by atoms with Gasteiger partial charge in [-0.1, -0.05) is 164 Å². The van der Waals surface area contributed by atoms with E-state index in [1.807, 2.05) is 0 Å². The molecule has 0 unspecified atom stereocenters. The molecule has 0 N–H and O–H groups in total. The first-order chi connectivity index (χ1) is 25.8. The topological polar surface area (TPSA) is 16.4 Å². The summed E-state index contributed by atoms with van der Waals surface area (Å²) in [5.41, 5.74) is 12.1. The zero-order valence-electron chi connectivity index (χ0n) is 28.4. The van der Waals surface area contributed by atoms with Crippen molar-refractivity contribution >= 4 is 60.5 Å². The molecule has 0 spiro atoms. The Labute approximate surface area is 302 Å². The SMILES string of the molecule is c1ccc(-c2ccc(N(c3ccc(-c4ccccc4)c4ccccc34)c3cccc4oc5cc(-c6ccccc6)c6ccccc6c5c34)cc2)cc1. The van der Waals surface area contributed by atoms with E-state index in [9.17, 15) is 0 Å². The summed E-state index contributed by atoms with van der Waals surface area (Å²) >= 11 is 0. The third-order valence-electron chi connectivity index (χ3n) is 10.3.